The molecule has 1 saturated carbocycles. The molecular weight excluding hydrogens is 372 g/mol. The summed E-state index contributed by atoms with van der Waals surface area (Å²) in [6, 6.07) is 21.6. The molecule has 5 heteroatoms. The van der Waals surface area contributed by atoms with Crippen LogP contribution in [0.3, 0.4) is 0 Å². The van der Waals surface area contributed by atoms with Crippen LogP contribution in [0.4, 0.5) is 0 Å². The first-order valence-corrected chi connectivity index (χ1v) is 10.6. The minimum absolute atomic E-state index is 0.102. The summed E-state index contributed by atoms with van der Waals surface area (Å²) >= 11 is 0. The third-order valence-electron chi connectivity index (χ3n) is 5.87. The zero-order valence-corrected chi connectivity index (χ0v) is 16.8. The molecule has 0 aliphatic heterocycles. The molecule has 1 fully saturated rings. The number of hydrogen-bond donors (Lipinski definition) is 0. The minimum atomic E-state index is -0.102. The molecule has 0 bridgehead atoms. The summed E-state index contributed by atoms with van der Waals surface area (Å²) in [6.45, 7) is 0. The number of para-hydroxylation sites is 2. The van der Waals surface area contributed by atoms with E-state index < -0.39 is 0 Å². The first-order valence-electron chi connectivity index (χ1n) is 10.6. The Morgan fingerprint density at radius 3 is 2.50 bits per heavy atom. The van der Waals surface area contributed by atoms with E-state index in [-0.39, 0.29) is 11.5 Å². The Hall–Kier alpha value is -3.47. The van der Waals surface area contributed by atoms with E-state index in [0.717, 1.165) is 35.6 Å². The smallest absolute Gasteiger partial charge is 0.282 e. The van der Waals surface area contributed by atoms with Crippen molar-refractivity contribution in [1.82, 2.24) is 14.2 Å². The van der Waals surface area contributed by atoms with Crippen LogP contribution in [-0.4, -0.2) is 20.4 Å². The van der Waals surface area contributed by atoms with Gasteiger partial charge in [0.25, 0.3) is 5.56 Å². The second kappa shape index (κ2) is 8.11. The van der Waals surface area contributed by atoms with Gasteiger partial charge in [-0.2, -0.15) is 9.78 Å². The predicted octanol–water partition coefficient (Wildman–Crippen LogP) is 5.12. The maximum absolute atomic E-state index is 13.3. The summed E-state index contributed by atoms with van der Waals surface area (Å²) in [4.78, 5) is 18.2. The second-order valence-electron chi connectivity index (χ2n) is 7.82. The van der Waals surface area contributed by atoms with E-state index in [1.165, 1.54) is 23.9 Å². The lowest BCUT2D eigenvalue weighted by Crippen LogP contribution is -2.25. The summed E-state index contributed by atoms with van der Waals surface area (Å²) in [5.74, 6) is 1.06. The first-order chi connectivity index (χ1) is 14.8. The highest BCUT2D eigenvalue weighted by Crippen LogP contribution is 2.31. The van der Waals surface area contributed by atoms with Crippen LogP contribution in [0.2, 0.25) is 0 Å². The molecule has 5 rings (SSSR count). The Morgan fingerprint density at radius 1 is 0.900 bits per heavy atom. The molecule has 2 aromatic heterocycles. The van der Waals surface area contributed by atoms with Crippen molar-refractivity contribution in [1.29, 1.82) is 0 Å². The van der Waals surface area contributed by atoms with Gasteiger partial charge in [0.2, 0.25) is 0 Å². The van der Waals surface area contributed by atoms with Crippen molar-refractivity contribution in [2.45, 2.75) is 38.0 Å². The van der Waals surface area contributed by atoms with Crippen LogP contribution in [0.15, 0.2) is 82.8 Å². The fourth-order valence-electron chi connectivity index (χ4n) is 4.32. The van der Waals surface area contributed by atoms with Gasteiger partial charge in [0, 0.05) is 17.8 Å². The number of benzene rings is 2. The molecule has 150 valence electrons. The van der Waals surface area contributed by atoms with Gasteiger partial charge in [-0.3, -0.25) is 4.79 Å². The summed E-state index contributed by atoms with van der Waals surface area (Å²) in [5, 5.41) is 5.26. The van der Waals surface area contributed by atoms with Crippen LogP contribution in [-0.2, 0) is 0 Å². The van der Waals surface area contributed by atoms with Crippen molar-refractivity contribution in [2.24, 2.45) is 5.10 Å². The summed E-state index contributed by atoms with van der Waals surface area (Å²) in [6.07, 6.45) is 9.47. The van der Waals surface area contributed by atoms with E-state index in [1.807, 2.05) is 60.8 Å². The molecule has 0 atom stereocenters. The van der Waals surface area contributed by atoms with Gasteiger partial charge < -0.3 is 4.57 Å². The number of aromatic nitrogens is 3. The van der Waals surface area contributed by atoms with E-state index in [1.54, 1.807) is 6.21 Å². The Balaban J connectivity index is 1.61. The first kappa shape index (κ1) is 18.6. The van der Waals surface area contributed by atoms with Crippen molar-refractivity contribution < 1.29 is 0 Å². The van der Waals surface area contributed by atoms with Crippen molar-refractivity contribution >= 4 is 17.1 Å². The van der Waals surface area contributed by atoms with Gasteiger partial charge in [-0.1, -0.05) is 49.6 Å². The van der Waals surface area contributed by atoms with Crippen molar-refractivity contribution in [3.8, 4) is 5.69 Å². The maximum Gasteiger partial charge on any atom is 0.282 e. The summed E-state index contributed by atoms with van der Waals surface area (Å²) < 4.78 is 3.59. The quantitative estimate of drug-likeness (QED) is 0.450. The van der Waals surface area contributed by atoms with Gasteiger partial charge in [0.05, 0.1) is 22.8 Å². The van der Waals surface area contributed by atoms with E-state index in [9.17, 15) is 4.79 Å². The van der Waals surface area contributed by atoms with Crippen molar-refractivity contribution in [3.05, 3.63) is 94.8 Å². The third kappa shape index (κ3) is 3.47. The standard InChI is InChI=1S/C25H24N4O/c30-25-22-15-7-8-16-23(22)27-24(19-10-3-1-4-11-19)29(25)26-18-21-14-9-17-28(21)20-12-5-2-6-13-20/h2,5-9,12-19H,1,3-4,10-11H2. The number of rotatable bonds is 4. The molecule has 5 nitrogen and oxygen atoms in total. The van der Waals surface area contributed by atoms with Crippen LogP contribution in [0, 0.1) is 0 Å². The van der Waals surface area contributed by atoms with Gasteiger partial charge in [-0.05, 0) is 49.2 Å². The van der Waals surface area contributed by atoms with Gasteiger partial charge in [-0.15, -0.1) is 0 Å². The molecule has 0 saturated heterocycles. The van der Waals surface area contributed by atoms with Gasteiger partial charge >= 0.3 is 0 Å². The normalized spacial score (nSPS) is 15.2. The van der Waals surface area contributed by atoms with Crippen molar-refractivity contribution in [3.63, 3.8) is 0 Å². The van der Waals surface area contributed by atoms with E-state index in [2.05, 4.69) is 21.8 Å². The van der Waals surface area contributed by atoms with Gasteiger partial charge in [-0.25, -0.2) is 4.98 Å². The topological polar surface area (TPSA) is 52.2 Å². The Labute approximate surface area is 175 Å². The highest BCUT2D eigenvalue weighted by Gasteiger charge is 2.22. The number of fused-ring (bicyclic) bond motifs is 1. The summed E-state index contributed by atoms with van der Waals surface area (Å²) in [7, 11) is 0. The molecule has 0 amide bonds. The lowest BCUT2D eigenvalue weighted by molar-refractivity contribution is 0.416. The van der Waals surface area contributed by atoms with E-state index >= 15 is 0 Å². The van der Waals surface area contributed by atoms with Gasteiger partial charge in [0.15, 0.2) is 0 Å². The molecular formula is C25H24N4O. The molecule has 4 aromatic rings. The molecule has 2 aromatic carbocycles. The third-order valence-corrected chi connectivity index (χ3v) is 5.87. The van der Waals surface area contributed by atoms with Crippen LogP contribution in [0.25, 0.3) is 16.6 Å². The lowest BCUT2D eigenvalue weighted by atomic mass is 9.88. The Kier molecular flexibility index (Phi) is 5.01. The second-order valence-corrected chi connectivity index (χ2v) is 7.82. The lowest BCUT2D eigenvalue weighted by Gasteiger charge is -2.22. The van der Waals surface area contributed by atoms with Crippen LogP contribution in [0.5, 0.6) is 0 Å². The van der Waals surface area contributed by atoms with E-state index in [0.29, 0.717) is 5.39 Å². The zero-order valence-electron chi connectivity index (χ0n) is 16.8. The molecule has 0 spiro atoms. The SMILES string of the molecule is O=c1c2ccccc2nc(C2CCCCC2)n1N=Cc1cccn1-c1ccccc1. The molecule has 0 unspecified atom stereocenters. The fraction of sp³-hybridized carbons (Fsp3) is 0.240. The Morgan fingerprint density at radius 2 is 1.67 bits per heavy atom. The maximum atomic E-state index is 13.3. The van der Waals surface area contributed by atoms with Crippen LogP contribution >= 0.6 is 0 Å². The molecule has 1 aliphatic carbocycles. The molecule has 0 radical (unpaired) electrons. The number of hydrogen-bond acceptors (Lipinski definition) is 3. The largest absolute Gasteiger partial charge is 0.316 e. The molecule has 1 aliphatic rings. The van der Waals surface area contributed by atoms with Gasteiger partial charge in [0.1, 0.15) is 5.82 Å². The van der Waals surface area contributed by atoms with Crippen LogP contribution < -0.4 is 5.56 Å². The predicted molar refractivity (Wildman–Crippen MR) is 121 cm³/mol. The molecule has 2 heterocycles. The average molecular weight is 396 g/mol. The van der Waals surface area contributed by atoms with E-state index in [4.69, 9.17) is 4.98 Å². The average Bonchev–Trinajstić information content (AvgIpc) is 3.28. The highest BCUT2D eigenvalue weighted by atomic mass is 16.1. The van der Waals surface area contributed by atoms with Crippen LogP contribution in [0.1, 0.15) is 49.5 Å². The Bertz CT molecular complexity index is 1250. The molecule has 30 heavy (non-hydrogen) atoms. The fourth-order valence-corrected chi connectivity index (χ4v) is 4.32. The number of nitrogens with zero attached hydrogens (tertiary/aromatic N) is 4. The summed E-state index contributed by atoms with van der Waals surface area (Å²) in [5.41, 5.74) is 2.62. The molecule has 0 N–H and O–H groups in total. The monoisotopic (exact) mass is 396 g/mol. The highest BCUT2D eigenvalue weighted by molar-refractivity contribution is 5.80. The minimum Gasteiger partial charge on any atom is -0.316 e. The zero-order chi connectivity index (χ0) is 20.3. The van der Waals surface area contributed by atoms with Crippen molar-refractivity contribution in [2.75, 3.05) is 0 Å².